The van der Waals surface area contributed by atoms with Crippen LogP contribution in [0.5, 0.6) is 0 Å². The highest BCUT2D eigenvalue weighted by molar-refractivity contribution is 5.24. The van der Waals surface area contributed by atoms with E-state index in [9.17, 15) is 0 Å². The zero-order valence-corrected chi connectivity index (χ0v) is 25.0. The van der Waals surface area contributed by atoms with Crippen molar-refractivity contribution in [2.75, 3.05) is 13.1 Å². The van der Waals surface area contributed by atoms with E-state index in [0.717, 1.165) is 24.3 Å². The monoisotopic (exact) mass is 469 g/mol. The van der Waals surface area contributed by atoms with Gasteiger partial charge in [0.05, 0.1) is 0 Å². The van der Waals surface area contributed by atoms with Crippen LogP contribution in [-0.4, -0.2) is 18.0 Å². The summed E-state index contributed by atoms with van der Waals surface area (Å²) in [5.41, 5.74) is 4.26. The lowest BCUT2D eigenvalue weighted by Crippen LogP contribution is -2.37. The second-order valence-electron chi connectivity index (χ2n) is 9.05. The first-order valence-electron chi connectivity index (χ1n) is 14.2. The largest absolute Gasteiger partial charge is 0.299 e. The molecule has 0 saturated carbocycles. The molecule has 3 rings (SSSR count). The van der Waals surface area contributed by atoms with Crippen LogP contribution >= 0.6 is 0 Å². The summed E-state index contributed by atoms with van der Waals surface area (Å²) in [6.45, 7) is 29.4. The summed E-state index contributed by atoms with van der Waals surface area (Å²) in [5, 5.41) is 0. The molecule has 0 radical (unpaired) electrons. The van der Waals surface area contributed by atoms with Crippen LogP contribution in [0.25, 0.3) is 0 Å². The first-order valence-corrected chi connectivity index (χ1v) is 14.2. The van der Waals surface area contributed by atoms with E-state index in [1.807, 2.05) is 41.5 Å². The molecule has 1 aliphatic rings. The first-order chi connectivity index (χ1) is 16.4. The molecule has 0 bridgehead atoms. The topological polar surface area (TPSA) is 3.24 Å². The van der Waals surface area contributed by atoms with Crippen LogP contribution in [0.2, 0.25) is 0 Å². The average molecular weight is 470 g/mol. The van der Waals surface area contributed by atoms with Crippen LogP contribution in [-0.2, 0) is 6.54 Å². The van der Waals surface area contributed by atoms with E-state index in [1.165, 1.54) is 42.6 Å². The van der Waals surface area contributed by atoms with Crippen LogP contribution in [0, 0.1) is 24.7 Å². The fourth-order valence-electron chi connectivity index (χ4n) is 3.89. The molecule has 1 fully saturated rings. The van der Waals surface area contributed by atoms with E-state index in [0.29, 0.717) is 5.92 Å². The van der Waals surface area contributed by atoms with Crippen molar-refractivity contribution in [1.82, 2.24) is 4.90 Å². The molecule has 2 aromatic carbocycles. The van der Waals surface area contributed by atoms with Crippen molar-refractivity contribution in [3.8, 4) is 0 Å². The predicted octanol–water partition coefficient (Wildman–Crippen LogP) is 10.4. The quantitative estimate of drug-likeness (QED) is 0.421. The minimum Gasteiger partial charge on any atom is -0.299 e. The van der Waals surface area contributed by atoms with Gasteiger partial charge in [-0.15, -0.1) is 0 Å². The minimum absolute atomic E-state index is 0.686. The SMILES string of the molecule is CC.CC.CC.CC1CCN(Cc2ccccc2)C[C@@H]1C.CC[C@@H](C)C(C)c1ccc(C)cc1. The fourth-order valence-corrected chi connectivity index (χ4v) is 3.89. The summed E-state index contributed by atoms with van der Waals surface area (Å²) in [5.74, 6) is 3.22. The number of hydrogen-bond acceptors (Lipinski definition) is 1. The molecular weight excluding hydrogens is 410 g/mol. The lowest BCUT2D eigenvalue weighted by atomic mass is 9.87. The molecule has 4 atom stereocenters. The summed E-state index contributed by atoms with van der Waals surface area (Å²) in [6, 6.07) is 19.7. The molecule has 1 saturated heterocycles. The first kappa shape index (κ1) is 34.6. The Labute approximate surface area is 215 Å². The molecule has 0 aromatic heterocycles. The maximum Gasteiger partial charge on any atom is 0.0233 e. The molecule has 1 nitrogen and oxygen atoms in total. The van der Waals surface area contributed by atoms with Gasteiger partial charge >= 0.3 is 0 Å². The molecule has 1 heteroatoms. The number of hydrogen-bond donors (Lipinski definition) is 0. The van der Waals surface area contributed by atoms with Gasteiger partial charge in [0, 0.05) is 13.1 Å². The van der Waals surface area contributed by atoms with E-state index >= 15 is 0 Å². The Hall–Kier alpha value is -1.60. The van der Waals surface area contributed by atoms with Crippen LogP contribution in [0.1, 0.15) is 112 Å². The highest BCUT2D eigenvalue weighted by Crippen LogP contribution is 2.26. The fraction of sp³-hybridized carbons (Fsp3) is 0.636. The molecule has 1 aliphatic heterocycles. The van der Waals surface area contributed by atoms with Gasteiger partial charge in [-0.25, -0.2) is 0 Å². The summed E-state index contributed by atoms with van der Waals surface area (Å²) in [6.07, 6.45) is 2.61. The van der Waals surface area contributed by atoms with Gasteiger partial charge < -0.3 is 0 Å². The zero-order valence-electron chi connectivity index (χ0n) is 25.0. The average Bonchev–Trinajstić information content (AvgIpc) is 2.90. The van der Waals surface area contributed by atoms with Gasteiger partial charge in [0.1, 0.15) is 0 Å². The normalized spacial score (nSPS) is 18.7. The Morgan fingerprint density at radius 2 is 1.32 bits per heavy atom. The summed E-state index contributed by atoms with van der Waals surface area (Å²) >= 11 is 0. The lowest BCUT2D eigenvalue weighted by Gasteiger charge is -2.35. The van der Waals surface area contributed by atoms with Crippen molar-refractivity contribution in [3.05, 3.63) is 71.3 Å². The second kappa shape index (κ2) is 21.9. The Kier molecular flexibility index (Phi) is 22.3. The summed E-state index contributed by atoms with van der Waals surface area (Å²) in [7, 11) is 0. The maximum absolute atomic E-state index is 2.58. The molecule has 196 valence electrons. The minimum atomic E-state index is 0.686. The van der Waals surface area contributed by atoms with E-state index in [1.54, 1.807) is 0 Å². The van der Waals surface area contributed by atoms with Gasteiger partial charge in [0.2, 0.25) is 0 Å². The smallest absolute Gasteiger partial charge is 0.0233 e. The zero-order chi connectivity index (χ0) is 26.5. The standard InChI is InChI=1S/C14H21N.C13H20.3C2H6/c1-12-8-9-15(10-13(12)2)11-14-6-4-3-5-7-14;1-5-11(3)12(4)13-8-6-10(2)7-9-13;3*1-2/h3-7,12-13H,8-11H2,1-2H3;6-9,11-12H,5H2,1-4H3;3*1-2H3/t12?,13-;11-,12?;;;/m01.../s1. The van der Waals surface area contributed by atoms with Crippen molar-refractivity contribution in [1.29, 1.82) is 0 Å². The van der Waals surface area contributed by atoms with E-state index in [-0.39, 0.29) is 0 Å². The number of nitrogens with zero attached hydrogens (tertiary/aromatic N) is 1. The third-order valence-electron chi connectivity index (χ3n) is 6.77. The molecule has 2 unspecified atom stereocenters. The molecule has 1 heterocycles. The van der Waals surface area contributed by atoms with Gasteiger partial charge in [0.15, 0.2) is 0 Å². The number of aryl methyl sites for hydroxylation is 1. The van der Waals surface area contributed by atoms with Crippen molar-refractivity contribution in [2.24, 2.45) is 17.8 Å². The molecule has 34 heavy (non-hydrogen) atoms. The van der Waals surface area contributed by atoms with Crippen LogP contribution < -0.4 is 0 Å². The van der Waals surface area contributed by atoms with Gasteiger partial charge in [-0.2, -0.15) is 0 Å². The van der Waals surface area contributed by atoms with E-state index < -0.39 is 0 Å². The Morgan fingerprint density at radius 3 is 1.79 bits per heavy atom. The Morgan fingerprint density at radius 1 is 0.794 bits per heavy atom. The predicted molar refractivity (Wildman–Crippen MR) is 158 cm³/mol. The highest BCUT2D eigenvalue weighted by atomic mass is 15.1. The van der Waals surface area contributed by atoms with Crippen LogP contribution in [0.4, 0.5) is 0 Å². The number of benzene rings is 2. The second-order valence-corrected chi connectivity index (χ2v) is 9.05. The summed E-state index contributed by atoms with van der Waals surface area (Å²) in [4.78, 5) is 2.58. The number of piperidine rings is 1. The Balaban J connectivity index is 0. The number of rotatable bonds is 5. The van der Waals surface area contributed by atoms with Crippen molar-refractivity contribution in [3.63, 3.8) is 0 Å². The lowest BCUT2D eigenvalue weighted by molar-refractivity contribution is 0.132. The van der Waals surface area contributed by atoms with Crippen molar-refractivity contribution < 1.29 is 0 Å². The molecule has 0 aliphatic carbocycles. The van der Waals surface area contributed by atoms with Gasteiger partial charge in [-0.3, -0.25) is 4.90 Å². The van der Waals surface area contributed by atoms with E-state index in [4.69, 9.17) is 0 Å². The van der Waals surface area contributed by atoms with Gasteiger partial charge in [-0.05, 0) is 54.7 Å². The van der Waals surface area contributed by atoms with Crippen LogP contribution in [0.3, 0.4) is 0 Å². The molecule has 0 spiro atoms. The maximum atomic E-state index is 2.58. The van der Waals surface area contributed by atoms with Crippen molar-refractivity contribution in [2.45, 2.75) is 108 Å². The number of likely N-dealkylation sites (tertiary alicyclic amines) is 1. The molecular formula is C33H59N. The third-order valence-corrected chi connectivity index (χ3v) is 6.77. The van der Waals surface area contributed by atoms with E-state index in [2.05, 4.69) is 101 Å². The Bertz CT molecular complexity index is 661. The van der Waals surface area contributed by atoms with Crippen LogP contribution in [0.15, 0.2) is 54.6 Å². The molecule has 2 aromatic rings. The highest BCUT2D eigenvalue weighted by Gasteiger charge is 2.22. The van der Waals surface area contributed by atoms with Crippen molar-refractivity contribution >= 4 is 0 Å². The van der Waals surface area contributed by atoms with Gasteiger partial charge in [-0.1, -0.05) is 143 Å². The summed E-state index contributed by atoms with van der Waals surface area (Å²) < 4.78 is 0. The molecule has 0 amide bonds. The third kappa shape index (κ3) is 14.0. The van der Waals surface area contributed by atoms with Gasteiger partial charge in [0.25, 0.3) is 0 Å². The molecule has 0 N–H and O–H groups in total.